The molecule has 1 rings (SSSR count). The van der Waals surface area contributed by atoms with E-state index in [1.54, 1.807) is 0 Å². The molecule has 0 aliphatic heterocycles. The summed E-state index contributed by atoms with van der Waals surface area (Å²) in [5.41, 5.74) is 10.6. The fourth-order valence-corrected chi connectivity index (χ4v) is 1.37. The molecule has 84 valence electrons. The zero-order chi connectivity index (χ0) is 11.6. The quantitative estimate of drug-likeness (QED) is 0.869. The highest BCUT2D eigenvalue weighted by Gasteiger charge is 2.33. The molecule has 8 heteroatoms. The standard InChI is InChI=1S/C7H7BrF3N3O/c8-4-2-14-6(13)3(1-12)5(4)15-7(9,10)11/h2H,1,12H2,(H2,13,14). The molecule has 0 aliphatic rings. The Labute approximate surface area is 91.5 Å². The molecule has 0 radical (unpaired) electrons. The Hall–Kier alpha value is -1.02. The molecule has 1 heterocycles. The van der Waals surface area contributed by atoms with Crippen LogP contribution in [0.2, 0.25) is 0 Å². The monoisotopic (exact) mass is 285 g/mol. The molecule has 0 amide bonds. The Balaban J connectivity index is 3.20. The molecule has 1 aromatic rings. The normalized spacial score (nSPS) is 11.5. The van der Waals surface area contributed by atoms with Crippen molar-refractivity contribution in [3.8, 4) is 5.75 Å². The van der Waals surface area contributed by atoms with Gasteiger partial charge in [-0.2, -0.15) is 0 Å². The molecule has 15 heavy (non-hydrogen) atoms. The highest BCUT2D eigenvalue weighted by atomic mass is 79.9. The summed E-state index contributed by atoms with van der Waals surface area (Å²) in [6.07, 6.45) is -3.67. The Bertz CT molecular complexity index is 369. The van der Waals surface area contributed by atoms with E-state index in [2.05, 4.69) is 25.7 Å². The second-order valence-corrected chi connectivity index (χ2v) is 3.41. The minimum atomic E-state index is -4.79. The van der Waals surface area contributed by atoms with Gasteiger partial charge in [0.15, 0.2) is 5.75 Å². The molecule has 0 aliphatic carbocycles. The van der Waals surface area contributed by atoms with Crippen molar-refractivity contribution in [2.45, 2.75) is 12.9 Å². The summed E-state index contributed by atoms with van der Waals surface area (Å²) in [4.78, 5) is 3.64. The number of hydrogen-bond acceptors (Lipinski definition) is 4. The van der Waals surface area contributed by atoms with E-state index in [0.29, 0.717) is 0 Å². The van der Waals surface area contributed by atoms with E-state index in [1.807, 2.05) is 0 Å². The molecule has 0 atom stereocenters. The molecule has 0 saturated heterocycles. The molecule has 0 bridgehead atoms. The highest BCUT2D eigenvalue weighted by molar-refractivity contribution is 9.10. The molecule has 0 spiro atoms. The first kappa shape index (κ1) is 12.1. The van der Waals surface area contributed by atoms with Crippen molar-refractivity contribution in [2.24, 2.45) is 5.73 Å². The largest absolute Gasteiger partial charge is 0.573 e. The second kappa shape index (κ2) is 4.23. The average Bonchev–Trinajstić information content (AvgIpc) is 2.10. The van der Waals surface area contributed by atoms with Gasteiger partial charge in [0, 0.05) is 12.7 Å². The minimum Gasteiger partial charge on any atom is -0.404 e. The second-order valence-electron chi connectivity index (χ2n) is 2.55. The van der Waals surface area contributed by atoms with Gasteiger partial charge in [-0.1, -0.05) is 0 Å². The smallest absolute Gasteiger partial charge is 0.404 e. The third-order valence-corrected chi connectivity index (χ3v) is 2.10. The summed E-state index contributed by atoms with van der Waals surface area (Å²) in [6, 6.07) is 0. The molecule has 0 unspecified atom stereocenters. The van der Waals surface area contributed by atoms with E-state index in [4.69, 9.17) is 11.5 Å². The Morgan fingerprint density at radius 1 is 1.47 bits per heavy atom. The van der Waals surface area contributed by atoms with Crippen LogP contribution < -0.4 is 16.2 Å². The van der Waals surface area contributed by atoms with Crippen LogP contribution in [0, 0.1) is 0 Å². The lowest BCUT2D eigenvalue weighted by molar-refractivity contribution is -0.275. The van der Waals surface area contributed by atoms with Crippen molar-refractivity contribution >= 4 is 21.7 Å². The van der Waals surface area contributed by atoms with Crippen LogP contribution in [0.15, 0.2) is 10.7 Å². The summed E-state index contributed by atoms with van der Waals surface area (Å²) in [6.45, 7) is -0.191. The number of aromatic nitrogens is 1. The van der Waals surface area contributed by atoms with Gasteiger partial charge in [0.2, 0.25) is 0 Å². The van der Waals surface area contributed by atoms with Gasteiger partial charge < -0.3 is 16.2 Å². The lowest BCUT2D eigenvalue weighted by Crippen LogP contribution is -2.20. The van der Waals surface area contributed by atoms with Gasteiger partial charge in [-0.3, -0.25) is 0 Å². The van der Waals surface area contributed by atoms with E-state index < -0.39 is 12.1 Å². The van der Waals surface area contributed by atoms with E-state index in [-0.39, 0.29) is 22.4 Å². The van der Waals surface area contributed by atoms with Gasteiger partial charge in [-0.25, -0.2) is 4.98 Å². The number of pyridine rings is 1. The van der Waals surface area contributed by atoms with Crippen molar-refractivity contribution in [1.82, 2.24) is 4.98 Å². The number of rotatable bonds is 2. The van der Waals surface area contributed by atoms with Gasteiger partial charge in [-0.05, 0) is 15.9 Å². The Morgan fingerprint density at radius 3 is 2.53 bits per heavy atom. The first-order valence-electron chi connectivity index (χ1n) is 3.74. The fourth-order valence-electron chi connectivity index (χ4n) is 0.947. The SMILES string of the molecule is NCc1c(N)ncc(Br)c1OC(F)(F)F. The van der Waals surface area contributed by atoms with Crippen LogP contribution in [-0.2, 0) is 6.54 Å². The van der Waals surface area contributed by atoms with Crippen LogP contribution in [0.25, 0.3) is 0 Å². The first-order chi connectivity index (χ1) is 6.85. The van der Waals surface area contributed by atoms with E-state index >= 15 is 0 Å². The number of hydrogen-bond donors (Lipinski definition) is 2. The molecule has 4 N–H and O–H groups in total. The predicted octanol–water partition coefficient (Wildman–Crippen LogP) is 1.78. The number of nitrogens with zero attached hydrogens (tertiary/aromatic N) is 1. The molecular weight excluding hydrogens is 279 g/mol. The van der Waals surface area contributed by atoms with Crippen LogP contribution in [-0.4, -0.2) is 11.3 Å². The lowest BCUT2D eigenvalue weighted by atomic mass is 10.2. The number of ether oxygens (including phenoxy) is 1. The molecule has 0 saturated carbocycles. The highest BCUT2D eigenvalue weighted by Crippen LogP contribution is 2.35. The van der Waals surface area contributed by atoms with Gasteiger partial charge in [0.05, 0.1) is 10.0 Å². The molecule has 4 nitrogen and oxygen atoms in total. The topological polar surface area (TPSA) is 74.2 Å². The first-order valence-corrected chi connectivity index (χ1v) is 4.53. The van der Waals surface area contributed by atoms with Crippen LogP contribution in [0.3, 0.4) is 0 Å². The number of halogens is 4. The van der Waals surface area contributed by atoms with Crippen LogP contribution in [0.5, 0.6) is 5.75 Å². The van der Waals surface area contributed by atoms with Crippen molar-refractivity contribution in [1.29, 1.82) is 0 Å². The number of nitrogens with two attached hydrogens (primary N) is 2. The van der Waals surface area contributed by atoms with Crippen LogP contribution in [0.1, 0.15) is 5.56 Å². The molecule has 1 aromatic heterocycles. The van der Waals surface area contributed by atoms with Crippen molar-refractivity contribution in [3.05, 3.63) is 16.2 Å². The van der Waals surface area contributed by atoms with Gasteiger partial charge in [0.1, 0.15) is 5.82 Å². The summed E-state index contributed by atoms with van der Waals surface area (Å²) in [5.74, 6) is -0.530. The minimum absolute atomic E-state index is 0.0155. The van der Waals surface area contributed by atoms with Gasteiger partial charge >= 0.3 is 6.36 Å². The summed E-state index contributed by atoms with van der Waals surface area (Å²) < 4.78 is 39.9. The van der Waals surface area contributed by atoms with Crippen molar-refractivity contribution < 1.29 is 17.9 Å². The number of nitrogen functional groups attached to an aromatic ring is 1. The molecule has 0 fully saturated rings. The third kappa shape index (κ3) is 2.96. The molecule has 0 aromatic carbocycles. The number of alkyl halides is 3. The van der Waals surface area contributed by atoms with Crippen molar-refractivity contribution in [2.75, 3.05) is 5.73 Å². The Kier molecular flexibility index (Phi) is 3.40. The van der Waals surface area contributed by atoms with E-state index in [1.165, 1.54) is 0 Å². The average molecular weight is 286 g/mol. The maximum atomic E-state index is 12.0. The third-order valence-electron chi connectivity index (χ3n) is 1.54. The number of anilines is 1. The summed E-state index contributed by atoms with van der Waals surface area (Å²) in [7, 11) is 0. The van der Waals surface area contributed by atoms with E-state index in [9.17, 15) is 13.2 Å². The maximum absolute atomic E-state index is 12.0. The fraction of sp³-hybridized carbons (Fsp3) is 0.286. The summed E-state index contributed by atoms with van der Waals surface area (Å²) >= 11 is 2.88. The van der Waals surface area contributed by atoms with Crippen LogP contribution >= 0.6 is 15.9 Å². The van der Waals surface area contributed by atoms with Crippen molar-refractivity contribution in [3.63, 3.8) is 0 Å². The van der Waals surface area contributed by atoms with E-state index in [0.717, 1.165) is 6.20 Å². The van der Waals surface area contributed by atoms with Gasteiger partial charge in [-0.15, -0.1) is 13.2 Å². The molecular formula is C7H7BrF3N3O. The lowest BCUT2D eigenvalue weighted by Gasteiger charge is -2.14. The predicted molar refractivity (Wildman–Crippen MR) is 50.9 cm³/mol. The zero-order valence-electron chi connectivity index (χ0n) is 7.31. The Morgan fingerprint density at radius 2 is 2.07 bits per heavy atom. The van der Waals surface area contributed by atoms with Gasteiger partial charge in [0.25, 0.3) is 0 Å². The summed E-state index contributed by atoms with van der Waals surface area (Å²) in [5, 5.41) is 0. The van der Waals surface area contributed by atoms with Crippen LogP contribution in [0.4, 0.5) is 19.0 Å². The maximum Gasteiger partial charge on any atom is 0.573 e. The zero-order valence-corrected chi connectivity index (χ0v) is 8.89.